The van der Waals surface area contributed by atoms with Crippen LogP contribution >= 0.6 is 11.8 Å². The van der Waals surface area contributed by atoms with E-state index >= 15 is 0 Å². The van der Waals surface area contributed by atoms with Gasteiger partial charge < -0.3 is 4.74 Å². The van der Waals surface area contributed by atoms with Crippen molar-refractivity contribution < 1.29 is 9.53 Å². The minimum atomic E-state index is -0.131. The third-order valence-electron chi connectivity index (χ3n) is 3.88. The molecule has 3 heteroatoms. The second-order valence-electron chi connectivity index (χ2n) is 4.71. The summed E-state index contributed by atoms with van der Waals surface area (Å²) in [6.07, 6.45) is 8.27. The zero-order valence-corrected chi connectivity index (χ0v) is 10.3. The van der Waals surface area contributed by atoms with Crippen molar-refractivity contribution in [1.82, 2.24) is 0 Å². The molecule has 1 saturated carbocycles. The van der Waals surface area contributed by atoms with E-state index in [4.69, 9.17) is 4.74 Å². The molecule has 0 bridgehead atoms. The van der Waals surface area contributed by atoms with Gasteiger partial charge in [-0.3, -0.25) is 4.79 Å². The lowest BCUT2D eigenvalue weighted by Gasteiger charge is -2.38. The van der Waals surface area contributed by atoms with Crippen LogP contribution in [0.5, 0.6) is 0 Å². The molecule has 0 amide bonds. The predicted octanol–water partition coefficient (Wildman–Crippen LogP) is 3.01. The van der Waals surface area contributed by atoms with Crippen LogP contribution in [0.4, 0.5) is 0 Å². The minimum Gasteiger partial charge on any atom is -0.469 e. The molecule has 0 N–H and O–H groups in total. The molecule has 2 nitrogen and oxygen atoms in total. The largest absolute Gasteiger partial charge is 0.469 e. The Morgan fingerprint density at radius 3 is 2.53 bits per heavy atom. The van der Waals surface area contributed by atoms with Crippen molar-refractivity contribution in [3.8, 4) is 0 Å². The first-order valence-electron chi connectivity index (χ1n) is 5.99. The van der Waals surface area contributed by atoms with E-state index in [2.05, 4.69) is 0 Å². The maximum absolute atomic E-state index is 12.0. The summed E-state index contributed by atoms with van der Waals surface area (Å²) in [5, 5.41) is 0.533. The fourth-order valence-corrected chi connectivity index (χ4v) is 4.66. The maximum Gasteiger partial charge on any atom is 0.312 e. The van der Waals surface area contributed by atoms with Crippen LogP contribution in [0.25, 0.3) is 0 Å². The van der Waals surface area contributed by atoms with Crippen LogP contribution in [0.15, 0.2) is 0 Å². The van der Waals surface area contributed by atoms with Crippen molar-refractivity contribution in [3.63, 3.8) is 0 Å². The highest BCUT2D eigenvalue weighted by Gasteiger charge is 2.48. The Labute approximate surface area is 96.1 Å². The van der Waals surface area contributed by atoms with E-state index in [0.29, 0.717) is 5.25 Å². The lowest BCUT2D eigenvalue weighted by Crippen LogP contribution is -2.42. The lowest BCUT2D eigenvalue weighted by atomic mass is 9.70. The molecule has 2 fully saturated rings. The van der Waals surface area contributed by atoms with Gasteiger partial charge in [0.05, 0.1) is 12.5 Å². The number of methoxy groups -OCH3 is 1. The van der Waals surface area contributed by atoms with E-state index in [1.165, 1.54) is 45.0 Å². The van der Waals surface area contributed by atoms with Crippen molar-refractivity contribution in [2.75, 3.05) is 12.9 Å². The SMILES string of the molecule is COC(=O)C1(C2CCCS2)CCCCC1. The van der Waals surface area contributed by atoms with Gasteiger partial charge in [-0.1, -0.05) is 19.3 Å². The first kappa shape index (κ1) is 11.3. The molecular formula is C12H20O2S. The van der Waals surface area contributed by atoms with Crippen molar-refractivity contribution in [2.24, 2.45) is 5.41 Å². The summed E-state index contributed by atoms with van der Waals surface area (Å²) < 4.78 is 5.05. The summed E-state index contributed by atoms with van der Waals surface area (Å²) in [6.45, 7) is 0. The third kappa shape index (κ3) is 2.03. The van der Waals surface area contributed by atoms with Gasteiger partial charge in [0, 0.05) is 5.25 Å². The Bertz CT molecular complexity index is 228. The number of esters is 1. The third-order valence-corrected chi connectivity index (χ3v) is 5.50. The number of rotatable bonds is 2. The fraction of sp³-hybridized carbons (Fsp3) is 0.917. The Morgan fingerprint density at radius 2 is 2.00 bits per heavy atom. The van der Waals surface area contributed by atoms with Gasteiger partial charge in [0.25, 0.3) is 0 Å². The molecule has 1 heterocycles. The van der Waals surface area contributed by atoms with E-state index < -0.39 is 0 Å². The summed E-state index contributed by atoms with van der Waals surface area (Å²) in [6, 6.07) is 0. The summed E-state index contributed by atoms with van der Waals surface area (Å²) in [4.78, 5) is 12.0. The Kier molecular flexibility index (Phi) is 3.60. The van der Waals surface area contributed by atoms with Crippen LogP contribution in [0, 0.1) is 5.41 Å². The van der Waals surface area contributed by atoms with E-state index in [9.17, 15) is 4.79 Å². The summed E-state index contributed by atoms with van der Waals surface area (Å²) in [7, 11) is 1.54. The topological polar surface area (TPSA) is 26.3 Å². The zero-order valence-electron chi connectivity index (χ0n) is 9.46. The summed E-state index contributed by atoms with van der Waals surface area (Å²) in [5.41, 5.74) is -0.131. The van der Waals surface area contributed by atoms with Crippen LogP contribution < -0.4 is 0 Å². The number of carbonyl (C=O) groups is 1. The number of carbonyl (C=O) groups excluding carboxylic acids is 1. The van der Waals surface area contributed by atoms with E-state index in [-0.39, 0.29) is 11.4 Å². The standard InChI is InChI=1S/C12H20O2S/c1-14-11(13)12(7-3-2-4-8-12)10-6-5-9-15-10/h10H,2-9H2,1H3. The van der Waals surface area contributed by atoms with Gasteiger partial charge >= 0.3 is 5.97 Å². The molecule has 2 aliphatic rings. The van der Waals surface area contributed by atoms with Gasteiger partial charge in [0.2, 0.25) is 0 Å². The molecule has 0 aromatic heterocycles. The molecule has 0 aromatic carbocycles. The van der Waals surface area contributed by atoms with E-state index in [1.54, 1.807) is 0 Å². The maximum atomic E-state index is 12.0. The monoisotopic (exact) mass is 228 g/mol. The summed E-state index contributed by atoms with van der Waals surface area (Å²) >= 11 is 1.99. The van der Waals surface area contributed by atoms with Crippen molar-refractivity contribution >= 4 is 17.7 Å². The Morgan fingerprint density at radius 1 is 1.27 bits per heavy atom. The molecule has 86 valence electrons. The van der Waals surface area contributed by atoms with Crippen LogP contribution in [0.2, 0.25) is 0 Å². The van der Waals surface area contributed by atoms with Crippen LogP contribution in [-0.4, -0.2) is 24.1 Å². The first-order chi connectivity index (χ1) is 7.29. The highest BCUT2D eigenvalue weighted by molar-refractivity contribution is 8.00. The molecule has 0 radical (unpaired) electrons. The van der Waals surface area contributed by atoms with E-state index in [1.807, 2.05) is 11.8 Å². The quantitative estimate of drug-likeness (QED) is 0.680. The van der Waals surface area contributed by atoms with Gasteiger partial charge in [0.1, 0.15) is 0 Å². The van der Waals surface area contributed by atoms with Crippen LogP contribution in [-0.2, 0) is 9.53 Å². The Balaban J connectivity index is 2.16. The number of hydrogen-bond donors (Lipinski definition) is 0. The van der Waals surface area contributed by atoms with Gasteiger partial charge in [-0.15, -0.1) is 0 Å². The fourth-order valence-electron chi connectivity index (χ4n) is 3.06. The highest BCUT2D eigenvalue weighted by atomic mass is 32.2. The second kappa shape index (κ2) is 4.77. The Hall–Kier alpha value is -0.180. The second-order valence-corrected chi connectivity index (χ2v) is 6.02. The number of thioether (sulfide) groups is 1. The summed E-state index contributed by atoms with van der Waals surface area (Å²) in [5.74, 6) is 1.28. The molecular weight excluding hydrogens is 208 g/mol. The predicted molar refractivity (Wildman–Crippen MR) is 63.0 cm³/mol. The zero-order chi connectivity index (χ0) is 10.7. The van der Waals surface area contributed by atoms with Crippen LogP contribution in [0.1, 0.15) is 44.9 Å². The van der Waals surface area contributed by atoms with Gasteiger partial charge in [0.15, 0.2) is 0 Å². The smallest absolute Gasteiger partial charge is 0.312 e. The molecule has 1 unspecified atom stereocenters. The number of ether oxygens (including phenoxy) is 1. The lowest BCUT2D eigenvalue weighted by molar-refractivity contribution is -0.155. The molecule has 0 aromatic rings. The molecule has 15 heavy (non-hydrogen) atoms. The molecule has 1 aliphatic carbocycles. The normalized spacial score (nSPS) is 30.1. The first-order valence-corrected chi connectivity index (χ1v) is 7.04. The van der Waals surface area contributed by atoms with Gasteiger partial charge in [-0.05, 0) is 31.4 Å². The van der Waals surface area contributed by atoms with E-state index in [0.717, 1.165) is 12.8 Å². The van der Waals surface area contributed by atoms with Gasteiger partial charge in [-0.25, -0.2) is 0 Å². The van der Waals surface area contributed by atoms with Gasteiger partial charge in [-0.2, -0.15) is 11.8 Å². The minimum absolute atomic E-state index is 0.0570. The molecule has 0 spiro atoms. The molecule has 1 aliphatic heterocycles. The molecule has 2 rings (SSSR count). The molecule has 1 atom stereocenters. The highest BCUT2D eigenvalue weighted by Crippen LogP contribution is 2.49. The van der Waals surface area contributed by atoms with Crippen LogP contribution in [0.3, 0.4) is 0 Å². The average Bonchev–Trinajstić information content (AvgIpc) is 2.83. The average molecular weight is 228 g/mol. The molecule has 1 saturated heterocycles. The van der Waals surface area contributed by atoms with Crippen molar-refractivity contribution in [3.05, 3.63) is 0 Å². The van der Waals surface area contributed by atoms with Crippen molar-refractivity contribution in [1.29, 1.82) is 0 Å². The number of hydrogen-bond acceptors (Lipinski definition) is 3. The van der Waals surface area contributed by atoms with Crippen molar-refractivity contribution in [2.45, 2.75) is 50.2 Å².